The smallest absolute Gasteiger partial charge is 0.224 e. The zero-order chi connectivity index (χ0) is 14.7. The zero-order valence-corrected chi connectivity index (χ0v) is 12.4. The molecule has 2 heterocycles. The van der Waals surface area contributed by atoms with Gasteiger partial charge in [-0.3, -0.25) is 9.48 Å². The van der Waals surface area contributed by atoms with Crippen LogP contribution in [-0.4, -0.2) is 49.6 Å². The number of aliphatic hydroxyl groups excluding tert-OH is 1. The molecule has 21 heavy (non-hydrogen) atoms. The number of nitrogens with zero attached hydrogens (tertiary/aromatic N) is 4. The van der Waals surface area contributed by atoms with E-state index in [9.17, 15) is 9.90 Å². The fraction of sp³-hybridized carbons (Fsp3) is 0.800. The first-order chi connectivity index (χ1) is 10.3. The van der Waals surface area contributed by atoms with E-state index in [1.54, 1.807) is 17.1 Å². The van der Waals surface area contributed by atoms with Gasteiger partial charge in [0.25, 0.3) is 0 Å². The summed E-state index contributed by atoms with van der Waals surface area (Å²) >= 11 is 0. The molecule has 2 fully saturated rings. The highest BCUT2D eigenvalue weighted by Gasteiger charge is 2.38. The van der Waals surface area contributed by atoms with Gasteiger partial charge in [0.2, 0.25) is 5.91 Å². The van der Waals surface area contributed by atoms with E-state index in [0.29, 0.717) is 13.0 Å². The van der Waals surface area contributed by atoms with Crippen LogP contribution in [0, 0.1) is 5.92 Å². The van der Waals surface area contributed by atoms with E-state index in [0.717, 1.165) is 38.6 Å². The van der Waals surface area contributed by atoms with Gasteiger partial charge >= 0.3 is 0 Å². The molecule has 3 rings (SSSR count). The lowest BCUT2D eigenvalue weighted by atomic mass is 9.80. The van der Waals surface area contributed by atoms with Crippen molar-refractivity contribution in [1.82, 2.24) is 19.9 Å². The molecule has 1 amide bonds. The van der Waals surface area contributed by atoms with Crippen molar-refractivity contribution in [3.63, 3.8) is 0 Å². The van der Waals surface area contributed by atoms with Gasteiger partial charge < -0.3 is 10.0 Å². The van der Waals surface area contributed by atoms with Crippen LogP contribution >= 0.6 is 0 Å². The normalized spacial score (nSPS) is 29.8. The quantitative estimate of drug-likeness (QED) is 0.905. The number of rotatable bonds is 4. The highest BCUT2D eigenvalue weighted by Crippen LogP contribution is 2.34. The summed E-state index contributed by atoms with van der Waals surface area (Å²) in [4.78, 5) is 14.5. The van der Waals surface area contributed by atoms with Gasteiger partial charge in [-0.05, 0) is 25.7 Å². The lowest BCUT2D eigenvalue weighted by Crippen LogP contribution is -2.45. The zero-order valence-electron chi connectivity index (χ0n) is 12.4. The molecule has 1 saturated carbocycles. The van der Waals surface area contributed by atoms with E-state index in [2.05, 4.69) is 10.3 Å². The summed E-state index contributed by atoms with van der Waals surface area (Å²) in [5, 5.41) is 17.9. The number of aryl methyl sites for hydroxylation is 1. The number of hydrogen-bond acceptors (Lipinski definition) is 4. The van der Waals surface area contributed by atoms with Crippen LogP contribution in [0.15, 0.2) is 12.4 Å². The molecular weight excluding hydrogens is 268 g/mol. The molecular formula is C15H24N4O2. The van der Waals surface area contributed by atoms with Crippen LogP contribution in [-0.2, 0) is 11.3 Å². The Kier molecular flexibility index (Phi) is 4.53. The molecule has 1 saturated heterocycles. The van der Waals surface area contributed by atoms with Crippen LogP contribution in [0.25, 0.3) is 0 Å². The predicted octanol–water partition coefficient (Wildman–Crippen LogP) is 1.21. The highest BCUT2D eigenvalue weighted by molar-refractivity contribution is 5.76. The van der Waals surface area contributed by atoms with Crippen molar-refractivity contribution < 1.29 is 9.90 Å². The van der Waals surface area contributed by atoms with Crippen molar-refractivity contribution in [2.24, 2.45) is 5.92 Å². The SMILES string of the molecule is O=C(CCn1ccnn1)N1CCC[C@@H]1[C@@H]1CCCC[C@H]1O. The van der Waals surface area contributed by atoms with Gasteiger partial charge in [-0.25, -0.2) is 0 Å². The number of likely N-dealkylation sites (tertiary alicyclic amines) is 1. The van der Waals surface area contributed by atoms with Crippen molar-refractivity contribution in [3.05, 3.63) is 12.4 Å². The Bertz CT molecular complexity index is 462. The first-order valence-electron chi connectivity index (χ1n) is 8.07. The summed E-state index contributed by atoms with van der Waals surface area (Å²) in [6, 6.07) is 0.239. The average Bonchev–Trinajstić information content (AvgIpc) is 3.16. The second kappa shape index (κ2) is 6.56. The van der Waals surface area contributed by atoms with E-state index >= 15 is 0 Å². The molecule has 3 atom stereocenters. The van der Waals surface area contributed by atoms with Gasteiger partial charge in [-0.15, -0.1) is 5.10 Å². The standard InChI is InChI=1S/C15H24N4O2/c20-14-6-2-1-4-12(14)13-5-3-9-19(13)15(21)7-10-18-11-8-16-17-18/h8,11-14,20H,1-7,9-10H2/t12-,13+,14+/m0/s1. The van der Waals surface area contributed by atoms with E-state index in [4.69, 9.17) is 0 Å². The van der Waals surface area contributed by atoms with E-state index in [1.165, 1.54) is 6.42 Å². The molecule has 6 heteroatoms. The van der Waals surface area contributed by atoms with Gasteiger partial charge in [0.05, 0.1) is 18.8 Å². The minimum absolute atomic E-state index is 0.186. The van der Waals surface area contributed by atoms with Crippen LogP contribution in [0.2, 0.25) is 0 Å². The fourth-order valence-corrected chi connectivity index (χ4v) is 3.84. The monoisotopic (exact) mass is 292 g/mol. The first-order valence-corrected chi connectivity index (χ1v) is 8.07. The Morgan fingerprint density at radius 1 is 1.24 bits per heavy atom. The number of amides is 1. The van der Waals surface area contributed by atoms with Crippen molar-refractivity contribution >= 4 is 5.91 Å². The van der Waals surface area contributed by atoms with Gasteiger partial charge in [-0.2, -0.15) is 0 Å². The third-order valence-corrected chi connectivity index (χ3v) is 4.92. The molecule has 0 aromatic carbocycles. The van der Waals surface area contributed by atoms with E-state index in [1.807, 2.05) is 4.90 Å². The maximum atomic E-state index is 12.5. The Morgan fingerprint density at radius 2 is 2.10 bits per heavy atom. The molecule has 116 valence electrons. The van der Waals surface area contributed by atoms with Crippen molar-refractivity contribution in [2.75, 3.05) is 6.54 Å². The van der Waals surface area contributed by atoms with E-state index < -0.39 is 0 Å². The second-order valence-electron chi connectivity index (χ2n) is 6.23. The average molecular weight is 292 g/mol. The minimum atomic E-state index is -0.229. The number of carbonyl (C=O) groups excluding carboxylic acids is 1. The number of aliphatic hydroxyl groups is 1. The molecule has 1 N–H and O–H groups in total. The van der Waals surface area contributed by atoms with Crippen LogP contribution in [0.3, 0.4) is 0 Å². The highest BCUT2D eigenvalue weighted by atomic mass is 16.3. The van der Waals surface area contributed by atoms with Gasteiger partial charge in [0, 0.05) is 31.1 Å². The topological polar surface area (TPSA) is 71.2 Å². The summed E-state index contributed by atoms with van der Waals surface area (Å²) in [5.41, 5.74) is 0. The second-order valence-corrected chi connectivity index (χ2v) is 6.23. The fourth-order valence-electron chi connectivity index (χ4n) is 3.84. The molecule has 0 spiro atoms. The van der Waals surface area contributed by atoms with Gasteiger partial charge in [0.1, 0.15) is 0 Å². The molecule has 2 aliphatic rings. The number of carbonyl (C=O) groups is 1. The molecule has 6 nitrogen and oxygen atoms in total. The summed E-state index contributed by atoms with van der Waals surface area (Å²) in [5.74, 6) is 0.461. The Morgan fingerprint density at radius 3 is 2.86 bits per heavy atom. The van der Waals surface area contributed by atoms with Gasteiger partial charge in [0.15, 0.2) is 0 Å². The predicted molar refractivity (Wildman–Crippen MR) is 77.3 cm³/mol. The molecule has 0 radical (unpaired) electrons. The minimum Gasteiger partial charge on any atom is -0.393 e. The summed E-state index contributed by atoms with van der Waals surface area (Å²) < 4.78 is 1.69. The summed E-state index contributed by atoms with van der Waals surface area (Å²) in [6.45, 7) is 1.42. The van der Waals surface area contributed by atoms with Crippen LogP contribution < -0.4 is 0 Å². The Labute approximate surface area is 125 Å². The maximum Gasteiger partial charge on any atom is 0.224 e. The third-order valence-electron chi connectivity index (χ3n) is 4.92. The Balaban J connectivity index is 1.59. The van der Waals surface area contributed by atoms with Crippen LogP contribution in [0.5, 0.6) is 0 Å². The lowest BCUT2D eigenvalue weighted by Gasteiger charge is -2.37. The first kappa shape index (κ1) is 14.5. The van der Waals surface area contributed by atoms with Crippen molar-refractivity contribution in [2.45, 2.75) is 63.6 Å². The van der Waals surface area contributed by atoms with Crippen molar-refractivity contribution in [3.8, 4) is 0 Å². The van der Waals surface area contributed by atoms with Gasteiger partial charge in [-0.1, -0.05) is 18.1 Å². The third kappa shape index (κ3) is 3.26. The molecule has 1 aromatic heterocycles. The molecule has 0 unspecified atom stereocenters. The largest absolute Gasteiger partial charge is 0.393 e. The van der Waals surface area contributed by atoms with E-state index in [-0.39, 0.29) is 24.0 Å². The summed E-state index contributed by atoms with van der Waals surface area (Å²) in [6.07, 6.45) is 9.97. The van der Waals surface area contributed by atoms with Crippen LogP contribution in [0.4, 0.5) is 0 Å². The molecule has 1 aliphatic heterocycles. The molecule has 1 aromatic rings. The maximum absolute atomic E-state index is 12.5. The van der Waals surface area contributed by atoms with Crippen molar-refractivity contribution in [1.29, 1.82) is 0 Å². The Hall–Kier alpha value is -1.43. The van der Waals surface area contributed by atoms with Crippen LogP contribution in [0.1, 0.15) is 44.9 Å². The lowest BCUT2D eigenvalue weighted by molar-refractivity contribution is -0.134. The molecule has 0 bridgehead atoms. The summed E-state index contributed by atoms with van der Waals surface area (Å²) in [7, 11) is 0. The number of aromatic nitrogens is 3. The number of hydrogen-bond donors (Lipinski definition) is 1. The molecule has 1 aliphatic carbocycles.